The van der Waals surface area contributed by atoms with Gasteiger partial charge in [-0.15, -0.1) is 0 Å². The van der Waals surface area contributed by atoms with Crippen LogP contribution in [-0.2, 0) is 0 Å². The zero-order valence-electron chi connectivity index (χ0n) is 6.57. The lowest BCUT2D eigenvalue weighted by Gasteiger charge is -2.07. The van der Waals surface area contributed by atoms with Crippen LogP contribution in [0.5, 0.6) is 0 Å². The molecule has 0 fully saturated rings. The van der Waals surface area contributed by atoms with Gasteiger partial charge in [-0.05, 0) is 6.42 Å². The topological polar surface area (TPSA) is 41.6 Å². The first-order valence-corrected chi connectivity index (χ1v) is 3.75. The molecule has 0 N–H and O–H groups in total. The summed E-state index contributed by atoms with van der Waals surface area (Å²) in [6.45, 7) is 2.07. The van der Waals surface area contributed by atoms with Gasteiger partial charge in [0.2, 0.25) is 0 Å². The SMILES string of the molecule is CCCC(C#N)n1ccnc1. The van der Waals surface area contributed by atoms with Crippen molar-refractivity contribution in [2.24, 2.45) is 0 Å². The Hall–Kier alpha value is -1.30. The van der Waals surface area contributed by atoms with Gasteiger partial charge in [0.15, 0.2) is 0 Å². The smallest absolute Gasteiger partial charge is 0.121 e. The molecule has 1 aromatic rings. The minimum atomic E-state index is -0.0394. The molecule has 0 aliphatic rings. The van der Waals surface area contributed by atoms with Gasteiger partial charge in [0.25, 0.3) is 0 Å². The van der Waals surface area contributed by atoms with Gasteiger partial charge in [-0.3, -0.25) is 0 Å². The van der Waals surface area contributed by atoms with Gasteiger partial charge < -0.3 is 4.57 Å². The van der Waals surface area contributed by atoms with Crippen molar-refractivity contribution in [1.29, 1.82) is 5.26 Å². The summed E-state index contributed by atoms with van der Waals surface area (Å²) in [5.41, 5.74) is 0. The molecule has 3 nitrogen and oxygen atoms in total. The summed E-state index contributed by atoms with van der Waals surface area (Å²) < 4.78 is 1.84. The van der Waals surface area contributed by atoms with Crippen molar-refractivity contribution in [3.05, 3.63) is 18.7 Å². The Morgan fingerprint density at radius 3 is 3.00 bits per heavy atom. The van der Waals surface area contributed by atoms with Crippen LogP contribution in [0.3, 0.4) is 0 Å². The van der Waals surface area contributed by atoms with Crippen LogP contribution in [0.4, 0.5) is 0 Å². The molecule has 1 atom stereocenters. The zero-order chi connectivity index (χ0) is 8.10. The fourth-order valence-corrected chi connectivity index (χ4v) is 1.01. The lowest BCUT2D eigenvalue weighted by Crippen LogP contribution is -2.03. The van der Waals surface area contributed by atoms with E-state index in [1.54, 1.807) is 12.5 Å². The molecule has 0 bridgehead atoms. The van der Waals surface area contributed by atoms with Crippen molar-refractivity contribution >= 4 is 0 Å². The van der Waals surface area contributed by atoms with E-state index in [1.807, 2.05) is 10.8 Å². The average Bonchev–Trinajstić information content (AvgIpc) is 2.52. The Kier molecular flexibility index (Phi) is 2.67. The highest BCUT2D eigenvalue weighted by Crippen LogP contribution is 2.10. The largest absolute Gasteiger partial charge is 0.321 e. The third-order valence-corrected chi connectivity index (χ3v) is 1.60. The first-order chi connectivity index (χ1) is 5.38. The molecule has 0 spiro atoms. The Balaban J connectivity index is 2.65. The second-order valence-electron chi connectivity index (χ2n) is 2.44. The molecule has 0 aliphatic carbocycles. The van der Waals surface area contributed by atoms with Crippen LogP contribution in [0.2, 0.25) is 0 Å². The van der Waals surface area contributed by atoms with E-state index in [2.05, 4.69) is 18.0 Å². The first-order valence-electron chi connectivity index (χ1n) is 3.75. The van der Waals surface area contributed by atoms with Gasteiger partial charge in [-0.25, -0.2) is 4.98 Å². The molecule has 1 unspecified atom stereocenters. The summed E-state index contributed by atoms with van der Waals surface area (Å²) in [4.78, 5) is 3.89. The molecule has 0 amide bonds. The van der Waals surface area contributed by atoms with E-state index in [0.717, 1.165) is 12.8 Å². The molecule has 58 valence electrons. The van der Waals surface area contributed by atoms with E-state index in [-0.39, 0.29) is 6.04 Å². The number of hydrogen-bond donors (Lipinski definition) is 0. The summed E-state index contributed by atoms with van der Waals surface area (Å²) in [6.07, 6.45) is 7.12. The van der Waals surface area contributed by atoms with Crippen LogP contribution in [0.15, 0.2) is 18.7 Å². The van der Waals surface area contributed by atoms with Gasteiger partial charge in [0, 0.05) is 12.4 Å². The fraction of sp³-hybridized carbons (Fsp3) is 0.500. The molecule has 0 aromatic carbocycles. The number of rotatable bonds is 3. The van der Waals surface area contributed by atoms with Crippen molar-refractivity contribution in [3.8, 4) is 6.07 Å². The maximum absolute atomic E-state index is 8.73. The van der Waals surface area contributed by atoms with Crippen molar-refractivity contribution in [1.82, 2.24) is 9.55 Å². The lowest BCUT2D eigenvalue weighted by molar-refractivity contribution is 0.559. The van der Waals surface area contributed by atoms with Crippen molar-refractivity contribution in [2.45, 2.75) is 25.8 Å². The van der Waals surface area contributed by atoms with Crippen molar-refractivity contribution in [2.75, 3.05) is 0 Å². The van der Waals surface area contributed by atoms with Crippen molar-refractivity contribution in [3.63, 3.8) is 0 Å². The summed E-state index contributed by atoms with van der Waals surface area (Å²) in [5.74, 6) is 0. The van der Waals surface area contributed by atoms with Gasteiger partial charge in [-0.1, -0.05) is 13.3 Å². The maximum atomic E-state index is 8.73. The van der Waals surface area contributed by atoms with Gasteiger partial charge >= 0.3 is 0 Å². The Morgan fingerprint density at radius 2 is 2.55 bits per heavy atom. The molecule has 1 rings (SSSR count). The summed E-state index contributed by atoms with van der Waals surface area (Å²) in [7, 11) is 0. The zero-order valence-corrected chi connectivity index (χ0v) is 6.57. The summed E-state index contributed by atoms with van der Waals surface area (Å²) in [6, 6.07) is 2.19. The van der Waals surface area contributed by atoms with E-state index < -0.39 is 0 Å². The van der Waals surface area contributed by atoms with E-state index in [9.17, 15) is 0 Å². The molecule has 0 radical (unpaired) electrons. The second-order valence-corrected chi connectivity index (χ2v) is 2.44. The van der Waals surface area contributed by atoms with Crippen LogP contribution in [-0.4, -0.2) is 9.55 Å². The van der Waals surface area contributed by atoms with Crippen LogP contribution in [0, 0.1) is 11.3 Å². The molecule has 0 saturated carbocycles. The minimum absolute atomic E-state index is 0.0394. The Morgan fingerprint density at radius 1 is 1.73 bits per heavy atom. The summed E-state index contributed by atoms with van der Waals surface area (Å²) in [5, 5.41) is 8.73. The van der Waals surface area contributed by atoms with Crippen LogP contribution < -0.4 is 0 Å². The molecule has 1 aromatic heterocycles. The number of aromatic nitrogens is 2. The highest BCUT2D eigenvalue weighted by Gasteiger charge is 2.05. The van der Waals surface area contributed by atoms with E-state index in [1.165, 1.54) is 0 Å². The highest BCUT2D eigenvalue weighted by atomic mass is 15.0. The van der Waals surface area contributed by atoms with Gasteiger partial charge in [0.05, 0.1) is 12.4 Å². The standard InChI is InChI=1S/C8H11N3/c1-2-3-8(6-9)11-5-4-10-7-11/h4-5,7-8H,2-3H2,1H3. The molecule has 3 heteroatoms. The molecule has 1 heterocycles. The first kappa shape index (κ1) is 7.80. The monoisotopic (exact) mass is 149 g/mol. The average molecular weight is 149 g/mol. The van der Waals surface area contributed by atoms with Crippen LogP contribution in [0.1, 0.15) is 25.8 Å². The molecule has 11 heavy (non-hydrogen) atoms. The van der Waals surface area contributed by atoms with Crippen LogP contribution >= 0.6 is 0 Å². The van der Waals surface area contributed by atoms with Crippen LogP contribution in [0.25, 0.3) is 0 Å². The fourth-order valence-electron chi connectivity index (χ4n) is 1.01. The minimum Gasteiger partial charge on any atom is -0.321 e. The number of nitriles is 1. The predicted octanol–water partition coefficient (Wildman–Crippen LogP) is 1.75. The normalized spacial score (nSPS) is 12.4. The van der Waals surface area contributed by atoms with Gasteiger partial charge in [-0.2, -0.15) is 5.26 Å². The number of nitrogens with zero attached hydrogens (tertiary/aromatic N) is 3. The molecular weight excluding hydrogens is 138 g/mol. The van der Waals surface area contributed by atoms with E-state index in [0.29, 0.717) is 0 Å². The second kappa shape index (κ2) is 3.77. The van der Waals surface area contributed by atoms with E-state index >= 15 is 0 Å². The quantitative estimate of drug-likeness (QED) is 0.657. The molecule has 0 saturated heterocycles. The third kappa shape index (κ3) is 1.81. The summed E-state index contributed by atoms with van der Waals surface area (Å²) >= 11 is 0. The number of hydrogen-bond acceptors (Lipinski definition) is 2. The molecular formula is C8H11N3. The predicted molar refractivity (Wildman–Crippen MR) is 41.8 cm³/mol. The molecule has 0 aliphatic heterocycles. The van der Waals surface area contributed by atoms with E-state index in [4.69, 9.17) is 5.26 Å². The Labute approximate surface area is 66.3 Å². The third-order valence-electron chi connectivity index (χ3n) is 1.60. The maximum Gasteiger partial charge on any atom is 0.121 e. The van der Waals surface area contributed by atoms with Crippen molar-refractivity contribution < 1.29 is 0 Å². The highest BCUT2D eigenvalue weighted by molar-refractivity contribution is 4.92. The lowest BCUT2D eigenvalue weighted by atomic mass is 10.2. The Bertz CT molecular complexity index is 232. The van der Waals surface area contributed by atoms with Gasteiger partial charge in [0.1, 0.15) is 6.04 Å². The number of imidazole rings is 1.